The van der Waals surface area contributed by atoms with E-state index < -0.39 is 18.2 Å². The van der Waals surface area contributed by atoms with Crippen LogP contribution in [-0.2, 0) is 9.47 Å². The molecule has 1 unspecified atom stereocenters. The molecule has 0 saturated carbocycles. The van der Waals surface area contributed by atoms with Gasteiger partial charge in [-0.15, -0.1) is 0 Å². The minimum absolute atomic E-state index is 0.00978. The van der Waals surface area contributed by atoms with Crippen molar-refractivity contribution in [1.82, 2.24) is 4.90 Å². The number of rotatable bonds is 3. The SMILES string of the molecule is C=C1OC(=O)N(C(=O)OCC2c3ccccc3-c3ccccc32)C1C(C)C. The number of cyclic esters (lactones) is 1. The van der Waals surface area contributed by atoms with E-state index in [0.717, 1.165) is 27.2 Å². The number of amides is 2. The normalized spacial score (nSPS) is 18.5. The van der Waals surface area contributed by atoms with Crippen molar-refractivity contribution in [1.29, 1.82) is 0 Å². The Morgan fingerprint density at radius 3 is 2.22 bits per heavy atom. The summed E-state index contributed by atoms with van der Waals surface area (Å²) in [5.41, 5.74) is 4.56. The van der Waals surface area contributed by atoms with Crippen LogP contribution in [0.4, 0.5) is 9.59 Å². The molecule has 0 bridgehead atoms. The van der Waals surface area contributed by atoms with E-state index in [-0.39, 0.29) is 24.2 Å². The molecule has 1 aliphatic carbocycles. The quantitative estimate of drug-likeness (QED) is 0.776. The minimum atomic E-state index is -0.726. The van der Waals surface area contributed by atoms with Gasteiger partial charge in [-0.1, -0.05) is 69.0 Å². The molecule has 1 atom stereocenters. The van der Waals surface area contributed by atoms with Gasteiger partial charge in [0.25, 0.3) is 0 Å². The second kappa shape index (κ2) is 6.58. The summed E-state index contributed by atoms with van der Waals surface area (Å²) in [4.78, 5) is 25.8. The van der Waals surface area contributed by atoms with Gasteiger partial charge in [-0.25, -0.2) is 14.5 Å². The fourth-order valence-electron chi connectivity index (χ4n) is 4.00. The van der Waals surface area contributed by atoms with Gasteiger partial charge in [0.1, 0.15) is 18.4 Å². The van der Waals surface area contributed by atoms with Crippen LogP contribution in [0.2, 0.25) is 0 Å². The number of benzene rings is 2. The fraction of sp³-hybridized carbons (Fsp3) is 0.273. The fourth-order valence-corrected chi connectivity index (χ4v) is 4.00. The highest BCUT2D eigenvalue weighted by Gasteiger charge is 2.44. The highest BCUT2D eigenvalue weighted by atomic mass is 16.6. The van der Waals surface area contributed by atoms with Crippen LogP contribution in [0.1, 0.15) is 30.9 Å². The van der Waals surface area contributed by atoms with E-state index in [9.17, 15) is 9.59 Å². The molecular formula is C22H21NO4. The molecule has 2 aliphatic rings. The molecule has 2 aromatic carbocycles. The number of carbonyl (C=O) groups is 2. The monoisotopic (exact) mass is 363 g/mol. The summed E-state index contributed by atoms with van der Waals surface area (Å²) in [6.07, 6.45) is -1.42. The summed E-state index contributed by atoms with van der Waals surface area (Å²) < 4.78 is 10.6. The van der Waals surface area contributed by atoms with Gasteiger partial charge in [0.2, 0.25) is 0 Å². The van der Waals surface area contributed by atoms with E-state index in [1.165, 1.54) is 0 Å². The van der Waals surface area contributed by atoms with Crippen molar-refractivity contribution in [3.05, 3.63) is 72.0 Å². The number of nitrogens with zero attached hydrogens (tertiary/aromatic N) is 1. The molecule has 1 fully saturated rings. The van der Waals surface area contributed by atoms with E-state index >= 15 is 0 Å². The molecule has 1 aliphatic heterocycles. The van der Waals surface area contributed by atoms with Gasteiger partial charge >= 0.3 is 12.2 Å². The van der Waals surface area contributed by atoms with Crippen LogP contribution in [-0.4, -0.2) is 29.7 Å². The molecule has 5 nitrogen and oxygen atoms in total. The average molecular weight is 363 g/mol. The van der Waals surface area contributed by atoms with E-state index in [1.54, 1.807) is 0 Å². The molecule has 2 aromatic rings. The largest absolute Gasteiger partial charge is 0.448 e. The Labute approximate surface area is 158 Å². The van der Waals surface area contributed by atoms with Crippen molar-refractivity contribution < 1.29 is 19.1 Å². The predicted octanol–water partition coefficient (Wildman–Crippen LogP) is 4.93. The van der Waals surface area contributed by atoms with Gasteiger partial charge in [-0.3, -0.25) is 0 Å². The lowest BCUT2D eigenvalue weighted by Crippen LogP contribution is -2.42. The van der Waals surface area contributed by atoms with E-state index in [1.807, 2.05) is 38.1 Å². The summed E-state index contributed by atoms with van der Waals surface area (Å²) in [7, 11) is 0. The molecule has 138 valence electrons. The van der Waals surface area contributed by atoms with Crippen molar-refractivity contribution in [2.45, 2.75) is 25.8 Å². The number of ether oxygens (including phenoxy) is 2. The van der Waals surface area contributed by atoms with Crippen molar-refractivity contribution in [3.8, 4) is 11.1 Å². The number of fused-ring (bicyclic) bond motifs is 3. The molecule has 27 heavy (non-hydrogen) atoms. The summed E-state index contributed by atoms with van der Waals surface area (Å²) in [6, 6.07) is 15.7. The lowest BCUT2D eigenvalue weighted by molar-refractivity contribution is 0.0964. The maximum atomic E-state index is 12.7. The van der Waals surface area contributed by atoms with Crippen LogP contribution < -0.4 is 0 Å². The molecule has 1 heterocycles. The lowest BCUT2D eigenvalue weighted by atomic mass is 9.98. The van der Waals surface area contributed by atoms with Gasteiger partial charge in [0, 0.05) is 5.92 Å². The van der Waals surface area contributed by atoms with Crippen molar-refractivity contribution in [2.75, 3.05) is 6.61 Å². The van der Waals surface area contributed by atoms with Crippen molar-refractivity contribution in [2.24, 2.45) is 5.92 Å². The number of hydrogen-bond acceptors (Lipinski definition) is 4. The first kappa shape index (κ1) is 17.3. The molecule has 2 amide bonds. The Balaban J connectivity index is 1.56. The summed E-state index contributed by atoms with van der Waals surface area (Å²) >= 11 is 0. The Hall–Kier alpha value is -3.08. The number of imide groups is 1. The third kappa shape index (κ3) is 2.79. The zero-order chi connectivity index (χ0) is 19.1. The zero-order valence-corrected chi connectivity index (χ0v) is 15.3. The molecule has 0 aromatic heterocycles. The summed E-state index contributed by atoms with van der Waals surface area (Å²) in [6.45, 7) is 7.71. The maximum Gasteiger partial charge on any atom is 0.425 e. The molecule has 4 rings (SSSR count). The summed E-state index contributed by atoms with van der Waals surface area (Å²) in [5.74, 6) is 0.216. The first-order chi connectivity index (χ1) is 13.0. The third-order valence-corrected chi connectivity index (χ3v) is 5.19. The second-order valence-corrected chi connectivity index (χ2v) is 7.20. The number of hydrogen-bond donors (Lipinski definition) is 0. The van der Waals surface area contributed by atoms with Crippen molar-refractivity contribution >= 4 is 12.2 Å². The van der Waals surface area contributed by atoms with Gasteiger partial charge in [-0.2, -0.15) is 0 Å². The smallest absolute Gasteiger partial charge is 0.425 e. The molecule has 0 N–H and O–H groups in total. The van der Waals surface area contributed by atoms with Crippen LogP contribution in [0.5, 0.6) is 0 Å². The van der Waals surface area contributed by atoms with Crippen LogP contribution in [0, 0.1) is 5.92 Å². The van der Waals surface area contributed by atoms with Gasteiger partial charge in [-0.05, 0) is 28.2 Å². The molecule has 1 saturated heterocycles. The Kier molecular flexibility index (Phi) is 4.22. The highest BCUT2D eigenvalue weighted by Crippen LogP contribution is 2.44. The minimum Gasteiger partial charge on any atom is -0.448 e. The van der Waals surface area contributed by atoms with Crippen molar-refractivity contribution in [3.63, 3.8) is 0 Å². The third-order valence-electron chi connectivity index (χ3n) is 5.19. The van der Waals surface area contributed by atoms with Gasteiger partial charge in [0.05, 0.1) is 0 Å². The lowest BCUT2D eigenvalue weighted by Gasteiger charge is -2.23. The molecule has 0 radical (unpaired) electrons. The Bertz CT molecular complexity index is 888. The zero-order valence-electron chi connectivity index (χ0n) is 15.3. The standard InChI is InChI=1S/C22H21NO4/c1-13(2)20-14(3)27-22(25)23(20)21(24)26-12-19-17-10-6-4-8-15(17)16-9-5-7-11-18(16)19/h4-11,13,19-20H,3,12H2,1-2H3. The number of carbonyl (C=O) groups excluding carboxylic acids is 2. The average Bonchev–Trinajstić information content (AvgIpc) is 3.13. The van der Waals surface area contributed by atoms with Crippen LogP contribution >= 0.6 is 0 Å². The van der Waals surface area contributed by atoms with E-state index in [4.69, 9.17) is 9.47 Å². The first-order valence-corrected chi connectivity index (χ1v) is 9.04. The Morgan fingerprint density at radius 2 is 1.67 bits per heavy atom. The van der Waals surface area contributed by atoms with Crippen LogP contribution in [0.3, 0.4) is 0 Å². The maximum absolute atomic E-state index is 12.7. The first-order valence-electron chi connectivity index (χ1n) is 9.04. The molecular weight excluding hydrogens is 342 g/mol. The topological polar surface area (TPSA) is 55.8 Å². The van der Waals surface area contributed by atoms with Crippen LogP contribution in [0.25, 0.3) is 11.1 Å². The molecule has 5 heteroatoms. The van der Waals surface area contributed by atoms with Gasteiger partial charge < -0.3 is 9.47 Å². The highest BCUT2D eigenvalue weighted by molar-refractivity contribution is 5.91. The second-order valence-electron chi connectivity index (χ2n) is 7.20. The predicted molar refractivity (Wildman–Crippen MR) is 101 cm³/mol. The van der Waals surface area contributed by atoms with Crippen LogP contribution in [0.15, 0.2) is 60.9 Å². The van der Waals surface area contributed by atoms with E-state index in [2.05, 4.69) is 30.8 Å². The summed E-state index contributed by atoms with van der Waals surface area (Å²) in [5, 5.41) is 0. The van der Waals surface area contributed by atoms with Gasteiger partial charge in [0.15, 0.2) is 0 Å². The Morgan fingerprint density at radius 1 is 1.11 bits per heavy atom. The molecule has 0 spiro atoms. The van der Waals surface area contributed by atoms with E-state index in [0.29, 0.717) is 0 Å².